The number of hydrogen-bond acceptors (Lipinski definition) is 3. The molecule has 2 aromatic rings. The average Bonchev–Trinajstić information content (AvgIpc) is 3.01. The molecule has 1 heterocycles. The van der Waals surface area contributed by atoms with Gasteiger partial charge in [-0.15, -0.1) is 0 Å². The summed E-state index contributed by atoms with van der Waals surface area (Å²) >= 11 is 5.83. The van der Waals surface area contributed by atoms with Crippen LogP contribution in [0.4, 0.5) is 0 Å². The first-order valence-electron chi connectivity index (χ1n) is 8.22. The summed E-state index contributed by atoms with van der Waals surface area (Å²) in [5.74, 6) is 0. The normalized spacial score (nSPS) is 18.8. The van der Waals surface area contributed by atoms with E-state index in [-0.39, 0.29) is 6.04 Å². The molecule has 1 saturated heterocycles. The molecule has 0 amide bonds. The molecular formula is C19H21ClN2O2S. The van der Waals surface area contributed by atoms with Crippen molar-refractivity contribution in [3.63, 3.8) is 0 Å². The van der Waals surface area contributed by atoms with Crippen molar-refractivity contribution in [2.45, 2.75) is 19.0 Å². The number of halogens is 1. The van der Waals surface area contributed by atoms with E-state index in [1.807, 2.05) is 18.2 Å². The first-order valence-corrected chi connectivity index (χ1v) is 10.1. The maximum atomic E-state index is 12.2. The average molecular weight is 377 g/mol. The van der Waals surface area contributed by atoms with Crippen molar-refractivity contribution in [2.24, 2.45) is 0 Å². The van der Waals surface area contributed by atoms with Crippen LogP contribution in [0.3, 0.4) is 0 Å². The molecule has 1 N–H and O–H groups in total. The van der Waals surface area contributed by atoms with E-state index in [0.29, 0.717) is 5.02 Å². The first kappa shape index (κ1) is 18.1. The van der Waals surface area contributed by atoms with Crippen LogP contribution in [0, 0.1) is 0 Å². The zero-order valence-electron chi connectivity index (χ0n) is 13.8. The van der Waals surface area contributed by atoms with Crippen molar-refractivity contribution in [3.8, 4) is 0 Å². The van der Waals surface area contributed by atoms with Crippen molar-refractivity contribution in [1.29, 1.82) is 0 Å². The predicted molar refractivity (Wildman–Crippen MR) is 103 cm³/mol. The molecule has 3 rings (SSSR count). The highest BCUT2D eigenvalue weighted by Gasteiger charge is 2.25. The molecule has 6 heteroatoms. The molecule has 1 aliphatic rings. The fraction of sp³-hybridized carbons (Fsp3) is 0.263. The predicted octanol–water partition coefficient (Wildman–Crippen LogP) is 3.50. The van der Waals surface area contributed by atoms with Crippen LogP contribution in [-0.4, -0.2) is 32.4 Å². The van der Waals surface area contributed by atoms with Crippen LogP contribution in [0.1, 0.15) is 17.5 Å². The Morgan fingerprint density at radius 1 is 1.12 bits per heavy atom. The van der Waals surface area contributed by atoms with Gasteiger partial charge in [-0.25, -0.2) is 13.1 Å². The number of nitrogens with zero attached hydrogens (tertiary/aromatic N) is 1. The van der Waals surface area contributed by atoms with Gasteiger partial charge in [0, 0.05) is 36.1 Å². The Morgan fingerprint density at radius 3 is 2.56 bits per heavy atom. The van der Waals surface area contributed by atoms with Gasteiger partial charge in [0.05, 0.1) is 0 Å². The van der Waals surface area contributed by atoms with E-state index >= 15 is 0 Å². The van der Waals surface area contributed by atoms with Crippen LogP contribution in [0.25, 0.3) is 6.08 Å². The summed E-state index contributed by atoms with van der Waals surface area (Å²) in [6, 6.07) is 17.2. The minimum atomic E-state index is -3.46. The summed E-state index contributed by atoms with van der Waals surface area (Å²) in [5, 5.41) is 1.85. The lowest BCUT2D eigenvalue weighted by molar-refractivity contribution is 0.325. The van der Waals surface area contributed by atoms with E-state index in [4.69, 9.17) is 11.6 Å². The Labute approximate surface area is 154 Å². The third-order valence-corrected chi connectivity index (χ3v) is 5.57. The van der Waals surface area contributed by atoms with Gasteiger partial charge in [-0.2, -0.15) is 0 Å². The largest absolute Gasteiger partial charge is 0.297 e. The lowest BCUT2D eigenvalue weighted by Crippen LogP contribution is -2.35. The summed E-state index contributed by atoms with van der Waals surface area (Å²) in [5.41, 5.74) is 2.04. The number of rotatable bonds is 6. The number of sulfonamides is 1. The lowest BCUT2D eigenvalue weighted by atomic mass is 10.2. The molecule has 0 bridgehead atoms. The molecule has 2 aromatic carbocycles. The van der Waals surface area contributed by atoms with Gasteiger partial charge in [0.2, 0.25) is 10.0 Å². The fourth-order valence-corrected chi connectivity index (χ4v) is 4.13. The van der Waals surface area contributed by atoms with Gasteiger partial charge in [-0.1, -0.05) is 54.1 Å². The molecule has 1 aliphatic heterocycles. The van der Waals surface area contributed by atoms with Crippen LogP contribution in [-0.2, 0) is 16.6 Å². The van der Waals surface area contributed by atoms with Crippen molar-refractivity contribution >= 4 is 27.7 Å². The zero-order valence-corrected chi connectivity index (χ0v) is 15.4. The second-order valence-electron chi connectivity index (χ2n) is 6.22. The molecule has 0 aliphatic carbocycles. The Balaban J connectivity index is 1.54. The maximum absolute atomic E-state index is 12.2. The van der Waals surface area contributed by atoms with Gasteiger partial charge in [-0.3, -0.25) is 4.90 Å². The quantitative estimate of drug-likeness (QED) is 0.839. The minimum absolute atomic E-state index is 0.0522. The molecule has 25 heavy (non-hydrogen) atoms. The zero-order chi connectivity index (χ0) is 17.7. The van der Waals surface area contributed by atoms with Crippen molar-refractivity contribution in [2.75, 3.05) is 13.1 Å². The van der Waals surface area contributed by atoms with E-state index in [9.17, 15) is 8.42 Å². The topological polar surface area (TPSA) is 49.4 Å². The Morgan fingerprint density at radius 2 is 1.84 bits per heavy atom. The van der Waals surface area contributed by atoms with Gasteiger partial charge in [0.1, 0.15) is 0 Å². The minimum Gasteiger partial charge on any atom is -0.297 e. The molecule has 132 valence electrons. The Hall–Kier alpha value is -1.66. The third kappa shape index (κ3) is 5.68. The standard InChI is InChI=1S/C19H21ClN2O2S/c20-18-8-6-16(7-9-18)11-13-25(23,24)21-19-10-12-22(15-19)14-17-4-2-1-3-5-17/h1-9,11,13,19,21H,10,12,14-15H2/b13-11+. The number of nitrogens with one attached hydrogen (secondary N) is 1. The fourth-order valence-electron chi connectivity index (χ4n) is 2.93. The highest BCUT2D eigenvalue weighted by Crippen LogP contribution is 2.15. The second-order valence-corrected chi connectivity index (χ2v) is 8.26. The molecule has 1 atom stereocenters. The summed E-state index contributed by atoms with van der Waals surface area (Å²) in [4.78, 5) is 2.27. The summed E-state index contributed by atoms with van der Waals surface area (Å²) in [6.45, 7) is 2.46. The molecular weight excluding hydrogens is 356 g/mol. The van der Waals surface area contributed by atoms with Gasteiger partial charge in [-0.05, 0) is 35.8 Å². The van der Waals surface area contributed by atoms with E-state index in [1.165, 1.54) is 11.0 Å². The van der Waals surface area contributed by atoms with Crippen LogP contribution in [0.2, 0.25) is 5.02 Å². The van der Waals surface area contributed by atoms with E-state index < -0.39 is 10.0 Å². The number of likely N-dealkylation sites (tertiary alicyclic amines) is 1. The van der Waals surface area contributed by atoms with Crippen LogP contribution in [0.5, 0.6) is 0 Å². The highest BCUT2D eigenvalue weighted by atomic mass is 35.5. The first-order chi connectivity index (χ1) is 12.0. The third-order valence-electron chi connectivity index (χ3n) is 4.16. The van der Waals surface area contributed by atoms with Crippen molar-refractivity contribution in [3.05, 3.63) is 76.2 Å². The summed E-state index contributed by atoms with van der Waals surface area (Å²) < 4.78 is 27.3. The molecule has 0 radical (unpaired) electrons. The second kappa shape index (κ2) is 8.15. The van der Waals surface area contributed by atoms with Crippen LogP contribution >= 0.6 is 11.6 Å². The van der Waals surface area contributed by atoms with Crippen LogP contribution < -0.4 is 4.72 Å². The van der Waals surface area contributed by atoms with E-state index in [0.717, 1.165) is 31.6 Å². The smallest absolute Gasteiger partial charge is 0.234 e. The Bertz CT molecular complexity index is 820. The van der Waals surface area contributed by atoms with Gasteiger partial charge < -0.3 is 0 Å². The Kier molecular flexibility index (Phi) is 5.91. The highest BCUT2D eigenvalue weighted by molar-refractivity contribution is 7.92. The number of hydrogen-bond donors (Lipinski definition) is 1. The van der Waals surface area contributed by atoms with Crippen molar-refractivity contribution in [1.82, 2.24) is 9.62 Å². The monoisotopic (exact) mass is 376 g/mol. The van der Waals surface area contributed by atoms with Gasteiger partial charge in [0.25, 0.3) is 0 Å². The summed E-state index contributed by atoms with van der Waals surface area (Å²) in [7, 11) is -3.46. The molecule has 1 fully saturated rings. The van der Waals surface area contributed by atoms with Crippen LogP contribution in [0.15, 0.2) is 60.0 Å². The molecule has 0 spiro atoms. The maximum Gasteiger partial charge on any atom is 0.234 e. The molecule has 1 unspecified atom stereocenters. The SMILES string of the molecule is O=S(=O)(/C=C/c1ccc(Cl)cc1)NC1CCN(Cc2ccccc2)C1. The molecule has 0 aromatic heterocycles. The number of benzene rings is 2. The van der Waals surface area contributed by atoms with Gasteiger partial charge >= 0.3 is 0 Å². The van der Waals surface area contributed by atoms with E-state index in [1.54, 1.807) is 30.3 Å². The van der Waals surface area contributed by atoms with E-state index in [2.05, 4.69) is 21.8 Å². The summed E-state index contributed by atoms with van der Waals surface area (Å²) in [6.07, 6.45) is 2.40. The lowest BCUT2D eigenvalue weighted by Gasteiger charge is -2.16. The molecule has 4 nitrogen and oxygen atoms in total. The van der Waals surface area contributed by atoms with Gasteiger partial charge in [0.15, 0.2) is 0 Å². The van der Waals surface area contributed by atoms with Crippen molar-refractivity contribution < 1.29 is 8.42 Å². The molecule has 0 saturated carbocycles.